The zero-order chi connectivity index (χ0) is 20.2. The van der Waals surface area contributed by atoms with Gasteiger partial charge in [0, 0.05) is 44.8 Å². The summed E-state index contributed by atoms with van der Waals surface area (Å²) in [5, 5.41) is 0. The third-order valence-electron chi connectivity index (χ3n) is 6.03. The van der Waals surface area contributed by atoms with Crippen LogP contribution < -0.4 is 4.90 Å². The Labute approximate surface area is 172 Å². The van der Waals surface area contributed by atoms with Gasteiger partial charge in [-0.25, -0.2) is 0 Å². The van der Waals surface area contributed by atoms with E-state index < -0.39 is 6.04 Å². The van der Waals surface area contributed by atoms with Gasteiger partial charge in [0.1, 0.15) is 6.04 Å². The number of piperazine rings is 1. The third kappa shape index (κ3) is 4.35. The quantitative estimate of drug-likeness (QED) is 0.805. The molecule has 1 atom stereocenters. The molecule has 0 saturated carbocycles. The van der Waals surface area contributed by atoms with Gasteiger partial charge >= 0.3 is 0 Å². The second-order valence-corrected chi connectivity index (χ2v) is 8.01. The van der Waals surface area contributed by atoms with Crippen LogP contribution in [0.25, 0.3) is 0 Å². The summed E-state index contributed by atoms with van der Waals surface area (Å²) in [7, 11) is 0. The smallest absolute Gasteiger partial charge is 0.245 e. The third-order valence-corrected chi connectivity index (χ3v) is 6.03. The first kappa shape index (κ1) is 19.6. The lowest BCUT2D eigenvalue weighted by Gasteiger charge is -2.38. The lowest BCUT2D eigenvalue weighted by atomic mass is 10.1. The number of fused-ring (bicyclic) bond motifs is 1. The maximum Gasteiger partial charge on any atom is 0.245 e. The van der Waals surface area contributed by atoms with Crippen molar-refractivity contribution in [3.8, 4) is 0 Å². The molecule has 1 saturated heterocycles. The van der Waals surface area contributed by atoms with E-state index in [-0.39, 0.29) is 11.8 Å². The van der Waals surface area contributed by atoms with E-state index >= 15 is 0 Å². The fourth-order valence-corrected chi connectivity index (χ4v) is 4.41. The summed E-state index contributed by atoms with van der Waals surface area (Å²) in [6.45, 7) is 5.92. The molecule has 2 aromatic rings. The van der Waals surface area contributed by atoms with E-state index in [0.717, 1.165) is 43.7 Å². The molecule has 5 nitrogen and oxygen atoms in total. The number of para-hydroxylation sites is 1. The molecule has 2 aromatic carbocycles. The second kappa shape index (κ2) is 8.78. The number of hydrogen-bond donors (Lipinski definition) is 0. The van der Waals surface area contributed by atoms with Gasteiger partial charge in [-0.05, 0) is 37.0 Å². The molecule has 152 valence electrons. The van der Waals surface area contributed by atoms with Crippen molar-refractivity contribution < 1.29 is 9.59 Å². The van der Waals surface area contributed by atoms with Gasteiger partial charge in [0.05, 0.1) is 0 Å². The zero-order valence-electron chi connectivity index (χ0n) is 17.1. The minimum absolute atomic E-state index is 0.0504. The van der Waals surface area contributed by atoms with Crippen molar-refractivity contribution in [2.45, 2.75) is 38.8 Å². The number of carbonyl (C=O) groups is 2. The number of benzene rings is 2. The molecule has 2 aliphatic rings. The molecule has 0 bridgehead atoms. The maximum absolute atomic E-state index is 13.2. The highest BCUT2D eigenvalue weighted by atomic mass is 16.2. The molecule has 0 radical (unpaired) electrons. The summed E-state index contributed by atoms with van der Waals surface area (Å²) in [5.41, 5.74) is 3.36. The normalized spacial score (nSPS) is 18.9. The summed E-state index contributed by atoms with van der Waals surface area (Å²) in [5.74, 6) is 0.105. The van der Waals surface area contributed by atoms with Crippen LogP contribution in [0.4, 0.5) is 5.69 Å². The molecular formula is C24H29N3O2. The van der Waals surface area contributed by atoms with E-state index in [1.165, 1.54) is 5.56 Å². The van der Waals surface area contributed by atoms with Crippen LogP contribution in [0.1, 0.15) is 30.9 Å². The van der Waals surface area contributed by atoms with E-state index in [2.05, 4.69) is 35.2 Å². The van der Waals surface area contributed by atoms with Crippen molar-refractivity contribution in [3.05, 3.63) is 65.7 Å². The van der Waals surface area contributed by atoms with Crippen LogP contribution in [-0.4, -0.2) is 53.8 Å². The molecule has 2 aliphatic heterocycles. The highest BCUT2D eigenvalue weighted by Gasteiger charge is 2.33. The molecule has 0 aromatic heterocycles. The van der Waals surface area contributed by atoms with Crippen molar-refractivity contribution in [1.29, 1.82) is 0 Å². The molecule has 0 aliphatic carbocycles. The summed E-state index contributed by atoms with van der Waals surface area (Å²) in [6, 6.07) is 18.0. The average molecular weight is 392 g/mol. The summed E-state index contributed by atoms with van der Waals surface area (Å²) >= 11 is 0. The molecular weight excluding hydrogens is 362 g/mol. The first-order valence-corrected chi connectivity index (χ1v) is 10.6. The molecule has 4 rings (SSSR count). The van der Waals surface area contributed by atoms with Gasteiger partial charge in [-0.15, -0.1) is 0 Å². The van der Waals surface area contributed by atoms with Crippen LogP contribution in [0, 0.1) is 0 Å². The van der Waals surface area contributed by atoms with Crippen molar-refractivity contribution in [3.63, 3.8) is 0 Å². The highest BCUT2D eigenvalue weighted by Crippen LogP contribution is 2.29. The first-order valence-electron chi connectivity index (χ1n) is 10.6. The largest absolute Gasteiger partial charge is 0.338 e. The van der Waals surface area contributed by atoms with Crippen molar-refractivity contribution in [2.24, 2.45) is 0 Å². The van der Waals surface area contributed by atoms with Gasteiger partial charge in [-0.3, -0.25) is 19.4 Å². The van der Waals surface area contributed by atoms with Crippen LogP contribution in [0.3, 0.4) is 0 Å². The van der Waals surface area contributed by atoms with Crippen LogP contribution >= 0.6 is 0 Å². The summed E-state index contributed by atoms with van der Waals surface area (Å²) in [4.78, 5) is 32.1. The van der Waals surface area contributed by atoms with E-state index in [1.54, 1.807) is 4.90 Å². The molecule has 0 unspecified atom stereocenters. The Hall–Kier alpha value is -2.66. The van der Waals surface area contributed by atoms with E-state index in [0.29, 0.717) is 19.5 Å². The lowest BCUT2D eigenvalue weighted by Crippen LogP contribution is -2.55. The monoisotopic (exact) mass is 391 g/mol. The Balaban J connectivity index is 1.41. The van der Waals surface area contributed by atoms with Gasteiger partial charge < -0.3 is 4.90 Å². The summed E-state index contributed by atoms with van der Waals surface area (Å²) in [6.07, 6.45) is 2.22. The van der Waals surface area contributed by atoms with Crippen LogP contribution in [0.5, 0.6) is 0 Å². The first-order chi connectivity index (χ1) is 14.1. The predicted octanol–water partition coefficient (Wildman–Crippen LogP) is 3.09. The fraction of sp³-hybridized carbons (Fsp3) is 0.417. The Morgan fingerprint density at radius 3 is 2.38 bits per heavy atom. The van der Waals surface area contributed by atoms with E-state index in [9.17, 15) is 9.59 Å². The van der Waals surface area contributed by atoms with Crippen LogP contribution in [0.15, 0.2) is 54.6 Å². The number of rotatable bonds is 4. The number of amides is 2. The van der Waals surface area contributed by atoms with Gasteiger partial charge in [0.25, 0.3) is 0 Å². The molecule has 0 spiro atoms. The standard InChI is InChI=1S/C24H29N3O2/c1-19(27-22-12-6-5-10-21(22)11-7-13-23(27)28)24(29)26-16-14-25(15-17-26)18-20-8-3-2-4-9-20/h2-6,8-10,12,19H,7,11,13-18H2,1H3/t19-/m0/s1. The van der Waals surface area contributed by atoms with Crippen molar-refractivity contribution >= 4 is 17.5 Å². The number of aryl methyl sites for hydroxylation is 1. The van der Waals surface area contributed by atoms with Crippen LogP contribution in [-0.2, 0) is 22.6 Å². The van der Waals surface area contributed by atoms with Gasteiger partial charge in [0.15, 0.2) is 0 Å². The number of hydrogen-bond acceptors (Lipinski definition) is 3. The Morgan fingerprint density at radius 2 is 1.62 bits per heavy atom. The minimum Gasteiger partial charge on any atom is -0.338 e. The number of anilines is 1. The number of nitrogens with zero attached hydrogens (tertiary/aromatic N) is 3. The van der Waals surface area contributed by atoms with Crippen molar-refractivity contribution in [1.82, 2.24) is 9.80 Å². The second-order valence-electron chi connectivity index (χ2n) is 8.01. The predicted molar refractivity (Wildman–Crippen MR) is 115 cm³/mol. The molecule has 1 fully saturated rings. The number of carbonyl (C=O) groups excluding carboxylic acids is 2. The highest BCUT2D eigenvalue weighted by molar-refractivity contribution is 6.01. The molecule has 2 amide bonds. The molecule has 0 N–H and O–H groups in total. The average Bonchev–Trinajstić information content (AvgIpc) is 2.92. The Kier molecular flexibility index (Phi) is 5.95. The molecule has 29 heavy (non-hydrogen) atoms. The Morgan fingerprint density at radius 1 is 0.931 bits per heavy atom. The lowest BCUT2D eigenvalue weighted by molar-refractivity contribution is -0.135. The fourth-order valence-electron chi connectivity index (χ4n) is 4.41. The SMILES string of the molecule is C[C@@H](C(=O)N1CCN(Cc2ccccc2)CC1)N1C(=O)CCCc2ccccc21. The van der Waals surface area contributed by atoms with Gasteiger partial charge in [0.2, 0.25) is 11.8 Å². The topological polar surface area (TPSA) is 43.9 Å². The van der Waals surface area contributed by atoms with E-state index in [4.69, 9.17) is 0 Å². The van der Waals surface area contributed by atoms with Gasteiger partial charge in [-0.2, -0.15) is 0 Å². The van der Waals surface area contributed by atoms with Crippen LogP contribution in [0.2, 0.25) is 0 Å². The van der Waals surface area contributed by atoms with Gasteiger partial charge in [-0.1, -0.05) is 48.5 Å². The maximum atomic E-state index is 13.2. The molecule has 5 heteroatoms. The van der Waals surface area contributed by atoms with Crippen molar-refractivity contribution in [2.75, 3.05) is 31.1 Å². The summed E-state index contributed by atoms with van der Waals surface area (Å²) < 4.78 is 0. The zero-order valence-corrected chi connectivity index (χ0v) is 17.1. The minimum atomic E-state index is -0.470. The van der Waals surface area contributed by atoms with E-state index in [1.807, 2.05) is 36.1 Å². The Bertz CT molecular complexity index is 859. The molecule has 2 heterocycles.